The van der Waals surface area contributed by atoms with Crippen LogP contribution in [0.3, 0.4) is 0 Å². The molecule has 0 radical (unpaired) electrons. The van der Waals surface area contributed by atoms with Crippen molar-refractivity contribution in [1.29, 1.82) is 0 Å². The van der Waals surface area contributed by atoms with Crippen LogP contribution in [0.15, 0.2) is 0 Å². The maximum Gasteiger partial charge on any atom is 0.248 e. The average molecular weight is 234 g/mol. The summed E-state index contributed by atoms with van der Waals surface area (Å²) < 4.78 is 25.9. The van der Waals surface area contributed by atoms with Gasteiger partial charge in [-0.2, -0.15) is 0 Å². The zero-order valence-electron chi connectivity index (χ0n) is 10.3. The summed E-state index contributed by atoms with van der Waals surface area (Å²) in [7, 11) is 0. The summed E-state index contributed by atoms with van der Waals surface area (Å²) in [5.41, 5.74) is 5.65. The number of hydrogen-bond acceptors (Lipinski definition) is 2. The predicted octanol–water partition coefficient (Wildman–Crippen LogP) is 2.38. The monoisotopic (exact) mass is 234 g/mol. The van der Waals surface area contributed by atoms with Gasteiger partial charge in [-0.05, 0) is 31.2 Å². The molecule has 0 aromatic heterocycles. The average Bonchev–Trinajstić information content (AvgIpc) is 2.20. The fourth-order valence-corrected chi connectivity index (χ4v) is 2.21. The Hall–Kier alpha value is -0.220. The van der Waals surface area contributed by atoms with E-state index in [9.17, 15) is 8.78 Å². The van der Waals surface area contributed by atoms with Gasteiger partial charge >= 0.3 is 0 Å². The van der Waals surface area contributed by atoms with Gasteiger partial charge in [0.2, 0.25) is 5.92 Å². The number of halogens is 2. The Kier molecular flexibility index (Phi) is 5.12. The molecule has 1 atom stereocenters. The van der Waals surface area contributed by atoms with Gasteiger partial charge in [0.1, 0.15) is 0 Å². The van der Waals surface area contributed by atoms with Crippen LogP contribution < -0.4 is 11.1 Å². The van der Waals surface area contributed by atoms with Gasteiger partial charge in [0.25, 0.3) is 0 Å². The Morgan fingerprint density at radius 2 is 1.88 bits per heavy atom. The first-order valence-corrected chi connectivity index (χ1v) is 6.26. The molecule has 96 valence electrons. The smallest absolute Gasteiger partial charge is 0.248 e. The van der Waals surface area contributed by atoms with Crippen LogP contribution >= 0.6 is 0 Å². The third-order valence-corrected chi connectivity index (χ3v) is 3.56. The second-order valence-corrected chi connectivity index (χ2v) is 5.29. The van der Waals surface area contributed by atoms with Crippen LogP contribution in [0.25, 0.3) is 0 Å². The maximum absolute atomic E-state index is 12.9. The summed E-state index contributed by atoms with van der Waals surface area (Å²) in [6, 6.07) is 0.308. The van der Waals surface area contributed by atoms with E-state index in [1.54, 1.807) is 0 Å². The summed E-state index contributed by atoms with van der Waals surface area (Å²) in [6.45, 7) is 5.69. The first-order chi connectivity index (χ1) is 7.44. The van der Waals surface area contributed by atoms with Gasteiger partial charge in [-0.25, -0.2) is 8.78 Å². The van der Waals surface area contributed by atoms with Crippen molar-refractivity contribution in [2.75, 3.05) is 13.1 Å². The predicted molar refractivity (Wildman–Crippen MR) is 62.6 cm³/mol. The highest BCUT2D eigenvalue weighted by atomic mass is 19.3. The maximum atomic E-state index is 12.9. The quantitative estimate of drug-likeness (QED) is 0.766. The van der Waals surface area contributed by atoms with Gasteiger partial charge < -0.3 is 11.1 Å². The lowest BCUT2D eigenvalue weighted by Crippen LogP contribution is -2.43. The molecule has 2 nitrogen and oxygen atoms in total. The second kappa shape index (κ2) is 5.92. The summed E-state index contributed by atoms with van der Waals surface area (Å²) in [6.07, 6.45) is 1.37. The summed E-state index contributed by atoms with van der Waals surface area (Å²) in [5, 5.41) is 3.40. The topological polar surface area (TPSA) is 38.0 Å². The Balaban J connectivity index is 2.24. The van der Waals surface area contributed by atoms with Gasteiger partial charge in [-0.3, -0.25) is 0 Å². The van der Waals surface area contributed by atoms with E-state index in [0.717, 1.165) is 6.54 Å². The highest BCUT2D eigenvalue weighted by Gasteiger charge is 2.34. The highest BCUT2D eigenvalue weighted by Crippen LogP contribution is 2.35. The van der Waals surface area contributed by atoms with Crippen LogP contribution in [0.1, 0.15) is 39.5 Å². The number of rotatable bonds is 5. The molecule has 0 saturated heterocycles. The standard InChI is InChI=1S/C12H24F2N2/c1-9(2)11(7-15)16-8-10-3-5-12(13,14)6-4-10/h9-11,16H,3-8,15H2,1-2H3. The molecular formula is C12H24F2N2. The Bertz CT molecular complexity index is 197. The molecule has 1 saturated carbocycles. The SMILES string of the molecule is CC(C)C(CN)NCC1CCC(F)(F)CC1. The van der Waals surface area contributed by atoms with E-state index in [4.69, 9.17) is 5.73 Å². The summed E-state index contributed by atoms with van der Waals surface area (Å²) in [4.78, 5) is 0. The Labute approximate surface area is 97.0 Å². The van der Waals surface area contributed by atoms with Crippen molar-refractivity contribution in [1.82, 2.24) is 5.32 Å². The van der Waals surface area contributed by atoms with Gasteiger partial charge in [0.05, 0.1) is 0 Å². The van der Waals surface area contributed by atoms with Gasteiger partial charge in [0, 0.05) is 25.4 Å². The normalized spacial score (nSPS) is 23.6. The lowest BCUT2D eigenvalue weighted by molar-refractivity contribution is -0.0457. The summed E-state index contributed by atoms with van der Waals surface area (Å²) in [5.74, 6) is -1.52. The van der Waals surface area contributed by atoms with Crippen molar-refractivity contribution < 1.29 is 8.78 Å². The minimum Gasteiger partial charge on any atom is -0.329 e. The molecule has 4 heteroatoms. The van der Waals surface area contributed by atoms with Crippen LogP contribution in [-0.2, 0) is 0 Å². The first kappa shape index (κ1) is 13.8. The van der Waals surface area contributed by atoms with E-state index in [-0.39, 0.29) is 12.8 Å². The second-order valence-electron chi connectivity index (χ2n) is 5.29. The molecule has 1 rings (SSSR count). The number of nitrogens with one attached hydrogen (secondary N) is 1. The van der Waals surface area contributed by atoms with E-state index in [1.807, 2.05) is 0 Å². The molecule has 0 aliphatic heterocycles. The first-order valence-electron chi connectivity index (χ1n) is 6.26. The molecule has 0 amide bonds. The van der Waals surface area contributed by atoms with Crippen molar-refractivity contribution in [2.24, 2.45) is 17.6 Å². The molecule has 16 heavy (non-hydrogen) atoms. The molecule has 0 aromatic carbocycles. The minimum atomic E-state index is -2.41. The van der Waals surface area contributed by atoms with E-state index in [0.29, 0.717) is 37.3 Å². The van der Waals surface area contributed by atoms with E-state index < -0.39 is 5.92 Å². The van der Waals surface area contributed by atoms with Crippen molar-refractivity contribution in [2.45, 2.75) is 51.5 Å². The fraction of sp³-hybridized carbons (Fsp3) is 1.00. The molecule has 0 aromatic rings. The number of hydrogen-bond donors (Lipinski definition) is 2. The molecule has 1 unspecified atom stereocenters. The highest BCUT2D eigenvalue weighted by molar-refractivity contribution is 4.80. The Morgan fingerprint density at radius 3 is 2.31 bits per heavy atom. The number of alkyl halides is 2. The molecule has 3 N–H and O–H groups in total. The van der Waals surface area contributed by atoms with E-state index in [1.165, 1.54) is 0 Å². The molecular weight excluding hydrogens is 210 g/mol. The van der Waals surface area contributed by atoms with Gasteiger partial charge in [-0.15, -0.1) is 0 Å². The van der Waals surface area contributed by atoms with Gasteiger partial charge in [-0.1, -0.05) is 13.8 Å². The molecule has 0 heterocycles. The third kappa shape index (κ3) is 4.34. The van der Waals surface area contributed by atoms with Gasteiger partial charge in [0.15, 0.2) is 0 Å². The molecule has 0 bridgehead atoms. The van der Waals surface area contributed by atoms with Crippen molar-refractivity contribution in [3.05, 3.63) is 0 Å². The van der Waals surface area contributed by atoms with Crippen molar-refractivity contribution in [3.8, 4) is 0 Å². The third-order valence-electron chi connectivity index (χ3n) is 3.56. The Morgan fingerprint density at radius 1 is 1.31 bits per heavy atom. The van der Waals surface area contributed by atoms with Crippen molar-refractivity contribution in [3.63, 3.8) is 0 Å². The summed E-state index contributed by atoms with van der Waals surface area (Å²) >= 11 is 0. The van der Waals surface area contributed by atoms with Crippen molar-refractivity contribution >= 4 is 0 Å². The molecule has 1 aliphatic rings. The van der Waals surface area contributed by atoms with E-state index >= 15 is 0 Å². The van der Waals surface area contributed by atoms with E-state index in [2.05, 4.69) is 19.2 Å². The zero-order valence-corrected chi connectivity index (χ0v) is 10.3. The van der Waals surface area contributed by atoms with Crippen LogP contribution in [0.4, 0.5) is 8.78 Å². The lowest BCUT2D eigenvalue weighted by atomic mass is 9.86. The lowest BCUT2D eigenvalue weighted by Gasteiger charge is -2.30. The molecule has 1 fully saturated rings. The van der Waals surface area contributed by atoms with Crippen LogP contribution in [-0.4, -0.2) is 25.1 Å². The fourth-order valence-electron chi connectivity index (χ4n) is 2.21. The van der Waals surface area contributed by atoms with Crippen LogP contribution in [0.2, 0.25) is 0 Å². The number of nitrogens with two attached hydrogens (primary N) is 1. The molecule has 0 spiro atoms. The zero-order chi connectivity index (χ0) is 12.2. The molecule has 1 aliphatic carbocycles. The minimum absolute atomic E-state index is 0.0499. The van der Waals surface area contributed by atoms with Crippen LogP contribution in [0.5, 0.6) is 0 Å². The largest absolute Gasteiger partial charge is 0.329 e. The van der Waals surface area contributed by atoms with Crippen LogP contribution in [0, 0.1) is 11.8 Å².